The summed E-state index contributed by atoms with van der Waals surface area (Å²) in [5.41, 5.74) is 12.4. The lowest BCUT2D eigenvalue weighted by Crippen LogP contribution is -2.09. The van der Waals surface area contributed by atoms with E-state index in [4.69, 9.17) is 16.2 Å². The van der Waals surface area contributed by atoms with Gasteiger partial charge in [-0.15, -0.1) is 0 Å². The zero-order chi connectivity index (χ0) is 17.6. The molecule has 0 unspecified atom stereocenters. The fourth-order valence-electron chi connectivity index (χ4n) is 2.77. The first-order valence-corrected chi connectivity index (χ1v) is 9.49. The Balaban J connectivity index is 1.98. The minimum atomic E-state index is -0.220. The van der Waals surface area contributed by atoms with Gasteiger partial charge < -0.3 is 16.2 Å². The number of hydrogen-bond acceptors (Lipinski definition) is 4. The van der Waals surface area contributed by atoms with Gasteiger partial charge in [-0.3, -0.25) is 4.79 Å². The second kappa shape index (κ2) is 12.7. The summed E-state index contributed by atoms with van der Waals surface area (Å²) < 4.78 is 5.27. The van der Waals surface area contributed by atoms with Crippen LogP contribution in [-0.4, -0.2) is 5.97 Å². The van der Waals surface area contributed by atoms with Crippen LogP contribution < -0.4 is 16.2 Å². The Hall–Kier alpha value is -1.71. The summed E-state index contributed by atoms with van der Waals surface area (Å²) in [5, 5.41) is 0. The molecule has 136 valence electrons. The molecule has 0 fully saturated rings. The van der Waals surface area contributed by atoms with Crippen LogP contribution in [0.15, 0.2) is 18.2 Å². The van der Waals surface area contributed by atoms with Gasteiger partial charge in [-0.25, -0.2) is 0 Å². The number of rotatable bonds is 13. The zero-order valence-corrected chi connectivity index (χ0v) is 15.2. The van der Waals surface area contributed by atoms with Crippen molar-refractivity contribution in [3.8, 4) is 5.75 Å². The van der Waals surface area contributed by atoms with Gasteiger partial charge in [-0.05, 0) is 24.6 Å². The Morgan fingerprint density at radius 2 is 1.42 bits per heavy atom. The highest BCUT2D eigenvalue weighted by molar-refractivity contribution is 5.75. The van der Waals surface area contributed by atoms with E-state index in [9.17, 15) is 4.79 Å². The van der Waals surface area contributed by atoms with E-state index in [1.165, 1.54) is 57.8 Å². The van der Waals surface area contributed by atoms with Gasteiger partial charge >= 0.3 is 5.97 Å². The number of hydrogen-bond donors (Lipinski definition) is 2. The first-order chi connectivity index (χ1) is 11.6. The lowest BCUT2D eigenvalue weighted by atomic mass is 10.1. The number of nitrogens with two attached hydrogens (primary N) is 2. The first-order valence-electron chi connectivity index (χ1n) is 9.49. The Kier molecular flexibility index (Phi) is 10.7. The molecule has 0 amide bonds. The molecule has 1 aromatic carbocycles. The molecule has 0 atom stereocenters. The Morgan fingerprint density at radius 1 is 0.875 bits per heavy atom. The van der Waals surface area contributed by atoms with Crippen molar-refractivity contribution >= 4 is 17.3 Å². The molecule has 0 heterocycles. The zero-order valence-electron chi connectivity index (χ0n) is 15.2. The maximum Gasteiger partial charge on any atom is 0.311 e. The minimum absolute atomic E-state index is 0.220. The van der Waals surface area contributed by atoms with Crippen LogP contribution in [0.5, 0.6) is 5.75 Å². The third-order valence-corrected chi connectivity index (χ3v) is 4.24. The predicted molar refractivity (Wildman–Crippen MR) is 102 cm³/mol. The quantitative estimate of drug-likeness (QED) is 0.217. The van der Waals surface area contributed by atoms with Crippen molar-refractivity contribution in [2.24, 2.45) is 0 Å². The maximum atomic E-state index is 11.8. The Bertz CT molecular complexity index is 475. The van der Waals surface area contributed by atoms with E-state index in [-0.39, 0.29) is 5.97 Å². The summed E-state index contributed by atoms with van der Waals surface area (Å²) in [5.74, 6) is 0.180. The summed E-state index contributed by atoms with van der Waals surface area (Å²) in [6.45, 7) is 2.25. The topological polar surface area (TPSA) is 78.3 Å². The smallest absolute Gasteiger partial charge is 0.311 e. The molecule has 0 aliphatic heterocycles. The summed E-state index contributed by atoms with van der Waals surface area (Å²) in [6, 6.07) is 4.93. The van der Waals surface area contributed by atoms with Crippen LogP contribution in [0.2, 0.25) is 0 Å². The lowest BCUT2D eigenvalue weighted by Gasteiger charge is -2.07. The minimum Gasteiger partial charge on any atom is -0.424 e. The largest absolute Gasteiger partial charge is 0.424 e. The number of ether oxygens (including phenoxy) is 1. The summed E-state index contributed by atoms with van der Waals surface area (Å²) in [6.07, 6.45) is 14.4. The van der Waals surface area contributed by atoms with Gasteiger partial charge in [0.05, 0.1) is 5.69 Å². The number of esters is 1. The Morgan fingerprint density at radius 3 is 1.96 bits per heavy atom. The highest BCUT2D eigenvalue weighted by Gasteiger charge is 2.07. The van der Waals surface area contributed by atoms with Crippen LogP contribution in [0.3, 0.4) is 0 Å². The monoisotopic (exact) mass is 334 g/mol. The van der Waals surface area contributed by atoms with Crippen LogP contribution >= 0.6 is 0 Å². The van der Waals surface area contributed by atoms with E-state index in [1.807, 2.05) is 0 Å². The van der Waals surface area contributed by atoms with Gasteiger partial charge in [0.25, 0.3) is 0 Å². The van der Waals surface area contributed by atoms with Crippen LogP contribution in [-0.2, 0) is 4.79 Å². The molecule has 4 N–H and O–H groups in total. The van der Waals surface area contributed by atoms with E-state index in [0.29, 0.717) is 23.5 Å². The van der Waals surface area contributed by atoms with Crippen LogP contribution in [0, 0.1) is 0 Å². The van der Waals surface area contributed by atoms with Crippen LogP contribution in [0.4, 0.5) is 11.4 Å². The molecule has 4 nitrogen and oxygen atoms in total. The highest BCUT2D eigenvalue weighted by atomic mass is 16.5. The van der Waals surface area contributed by atoms with Gasteiger partial charge in [-0.2, -0.15) is 0 Å². The standard InChI is InChI=1S/C20H34N2O2/c1-2-3-4-5-6-7-8-9-10-11-12-13-20(23)24-19-15-14-17(21)16-18(19)22/h14-16H,2-13,21-22H2,1H3. The van der Waals surface area contributed by atoms with E-state index in [1.54, 1.807) is 18.2 Å². The number of anilines is 2. The third kappa shape index (κ3) is 9.43. The van der Waals surface area contributed by atoms with Crippen molar-refractivity contribution in [2.45, 2.75) is 84.0 Å². The van der Waals surface area contributed by atoms with Gasteiger partial charge in [0.15, 0.2) is 5.75 Å². The number of carbonyl (C=O) groups excluding carboxylic acids is 1. The summed E-state index contributed by atoms with van der Waals surface area (Å²) >= 11 is 0. The fourth-order valence-corrected chi connectivity index (χ4v) is 2.77. The van der Waals surface area contributed by atoms with Crippen molar-refractivity contribution in [2.75, 3.05) is 11.5 Å². The van der Waals surface area contributed by atoms with Gasteiger partial charge in [0.1, 0.15) is 0 Å². The highest BCUT2D eigenvalue weighted by Crippen LogP contribution is 2.24. The molecule has 0 aromatic heterocycles. The number of carbonyl (C=O) groups is 1. The maximum absolute atomic E-state index is 11.8. The lowest BCUT2D eigenvalue weighted by molar-refractivity contribution is -0.134. The van der Waals surface area contributed by atoms with Crippen molar-refractivity contribution < 1.29 is 9.53 Å². The molecule has 0 aliphatic rings. The molecule has 1 aromatic rings. The Labute approximate surface area is 146 Å². The van der Waals surface area contributed by atoms with E-state index in [2.05, 4.69) is 6.92 Å². The normalized spacial score (nSPS) is 10.7. The first kappa shape index (κ1) is 20.3. The molecule has 1 rings (SSSR count). The molecule has 0 spiro atoms. The SMILES string of the molecule is CCCCCCCCCCCCCC(=O)Oc1ccc(N)cc1N. The second-order valence-electron chi connectivity index (χ2n) is 6.56. The van der Waals surface area contributed by atoms with Crippen LogP contribution in [0.1, 0.15) is 84.0 Å². The summed E-state index contributed by atoms with van der Waals surface area (Å²) in [4.78, 5) is 11.8. The van der Waals surface area contributed by atoms with E-state index in [0.717, 1.165) is 12.8 Å². The average molecular weight is 335 g/mol. The van der Waals surface area contributed by atoms with Gasteiger partial charge in [0, 0.05) is 12.1 Å². The molecule has 0 radical (unpaired) electrons. The van der Waals surface area contributed by atoms with E-state index >= 15 is 0 Å². The van der Waals surface area contributed by atoms with Crippen LogP contribution in [0.25, 0.3) is 0 Å². The van der Waals surface area contributed by atoms with E-state index < -0.39 is 0 Å². The molecular weight excluding hydrogens is 300 g/mol. The molecule has 4 heteroatoms. The van der Waals surface area contributed by atoms with Crippen molar-refractivity contribution in [3.63, 3.8) is 0 Å². The summed E-state index contributed by atoms with van der Waals surface area (Å²) in [7, 11) is 0. The molecule has 0 saturated heterocycles. The van der Waals surface area contributed by atoms with Crippen molar-refractivity contribution in [1.29, 1.82) is 0 Å². The average Bonchev–Trinajstić information content (AvgIpc) is 2.55. The van der Waals surface area contributed by atoms with Gasteiger partial charge in [-0.1, -0.05) is 71.1 Å². The van der Waals surface area contributed by atoms with Gasteiger partial charge in [0.2, 0.25) is 0 Å². The molecule has 0 aliphatic carbocycles. The molecule has 24 heavy (non-hydrogen) atoms. The molecule has 0 saturated carbocycles. The third-order valence-electron chi connectivity index (χ3n) is 4.24. The van der Waals surface area contributed by atoms with Crippen molar-refractivity contribution in [3.05, 3.63) is 18.2 Å². The predicted octanol–water partition coefficient (Wildman–Crippen LogP) is 5.46. The number of unbranched alkanes of at least 4 members (excludes halogenated alkanes) is 10. The molecular formula is C20H34N2O2. The number of benzene rings is 1. The second-order valence-corrected chi connectivity index (χ2v) is 6.56. The molecule has 0 bridgehead atoms. The van der Waals surface area contributed by atoms with Crippen molar-refractivity contribution in [1.82, 2.24) is 0 Å². The number of nitrogen functional groups attached to an aromatic ring is 2. The fraction of sp³-hybridized carbons (Fsp3) is 0.650.